The van der Waals surface area contributed by atoms with Crippen LogP contribution >= 0.6 is 15.9 Å². The van der Waals surface area contributed by atoms with E-state index >= 15 is 0 Å². The average Bonchev–Trinajstić information content (AvgIpc) is 2.12. The van der Waals surface area contributed by atoms with Gasteiger partial charge in [0.2, 0.25) is 0 Å². The molecule has 0 aliphatic rings. The van der Waals surface area contributed by atoms with E-state index in [1.165, 1.54) is 12.5 Å². The molecule has 80 valence electrons. The standard InChI is InChI=1S/C9H10BrF.C3H8/c1-3-7-5-8(11)4-6(2)9(7)10;1-3-2/h4-5H,3H2,1-2H3;3H2,1-2H3. The van der Waals surface area contributed by atoms with Gasteiger partial charge in [0.25, 0.3) is 0 Å². The lowest BCUT2D eigenvalue weighted by molar-refractivity contribution is 0.624. The van der Waals surface area contributed by atoms with Gasteiger partial charge < -0.3 is 0 Å². The Balaban J connectivity index is 0.000000500. The monoisotopic (exact) mass is 260 g/mol. The van der Waals surface area contributed by atoms with Crippen LogP contribution in [0, 0.1) is 12.7 Å². The van der Waals surface area contributed by atoms with Crippen molar-refractivity contribution in [3.63, 3.8) is 0 Å². The fraction of sp³-hybridized carbons (Fsp3) is 0.500. The maximum absolute atomic E-state index is 12.8. The van der Waals surface area contributed by atoms with Crippen LogP contribution in [-0.4, -0.2) is 0 Å². The molecule has 0 unspecified atom stereocenters. The van der Waals surface area contributed by atoms with Crippen LogP contribution in [0.5, 0.6) is 0 Å². The van der Waals surface area contributed by atoms with Gasteiger partial charge in [-0.15, -0.1) is 0 Å². The first-order chi connectivity index (χ1) is 6.56. The summed E-state index contributed by atoms with van der Waals surface area (Å²) >= 11 is 3.41. The molecule has 0 amide bonds. The van der Waals surface area contributed by atoms with Crippen LogP contribution in [-0.2, 0) is 6.42 Å². The van der Waals surface area contributed by atoms with Crippen LogP contribution in [0.4, 0.5) is 4.39 Å². The third kappa shape index (κ3) is 4.23. The molecule has 1 rings (SSSR count). The van der Waals surface area contributed by atoms with E-state index < -0.39 is 0 Å². The Morgan fingerprint density at radius 2 is 1.71 bits per heavy atom. The maximum atomic E-state index is 12.8. The highest BCUT2D eigenvalue weighted by Crippen LogP contribution is 2.22. The summed E-state index contributed by atoms with van der Waals surface area (Å²) in [6.45, 7) is 8.16. The van der Waals surface area contributed by atoms with E-state index in [1.54, 1.807) is 6.07 Å². The van der Waals surface area contributed by atoms with E-state index in [0.717, 1.165) is 22.0 Å². The third-order valence-corrected chi connectivity index (χ3v) is 2.81. The van der Waals surface area contributed by atoms with Gasteiger partial charge in [-0.05, 0) is 36.6 Å². The molecule has 1 aromatic rings. The lowest BCUT2D eigenvalue weighted by atomic mass is 10.1. The van der Waals surface area contributed by atoms with Crippen LogP contribution in [0.15, 0.2) is 16.6 Å². The first-order valence-corrected chi connectivity index (χ1v) is 5.80. The van der Waals surface area contributed by atoms with Gasteiger partial charge in [-0.1, -0.05) is 43.1 Å². The molecule has 0 aromatic heterocycles. The molecule has 0 fully saturated rings. The number of hydrogen-bond donors (Lipinski definition) is 0. The van der Waals surface area contributed by atoms with Crippen molar-refractivity contribution in [1.82, 2.24) is 0 Å². The zero-order chi connectivity index (χ0) is 11.1. The third-order valence-electron chi connectivity index (χ3n) is 1.68. The Hall–Kier alpha value is -0.370. The van der Waals surface area contributed by atoms with Crippen LogP contribution in [0.1, 0.15) is 38.3 Å². The molecule has 0 N–H and O–H groups in total. The van der Waals surface area contributed by atoms with Crippen molar-refractivity contribution >= 4 is 15.9 Å². The molecule has 0 aliphatic heterocycles. The van der Waals surface area contributed by atoms with Gasteiger partial charge >= 0.3 is 0 Å². The maximum Gasteiger partial charge on any atom is 0.123 e. The van der Waals surface area contributed by atoms with Crippen molar-refractivity contribution in [2.75, 3.05) is 0 Å². The van der Waals surface area contributed by atoms with Gasteiger partial charge in [-0.3, -0.25) is 0 Å². The first kappa shape index (κ1) is 13.6. The number of rotatable bonds is 1. The minimum Gasteiger partial charge on any atom is -0.207 e. The van der Waals surface area contributed by atoms with E-state index in [0.29, 0.717) is 0 Å². The van der Waals surface area contributed by atoms with Crippen molar-refractivity contribution < 1.29 is 4.39 Å². The molecule has 1 aromatic carbocycles. The van der Waals surface area contributed by atoms with Crippen molar-refractivity contribution in [2.24, 2.45) is 0 Å². The van der Waals surface area contributed by atoms with Crippen molar-refractivity contribution in [3.05, 3.63) is 33.5 Å². The summed E-state index contributed by atoms with van der Waals surface area (Å²) in [5.74, 6) is -0.150. The molecule has 0 nitrogen and oxygen atoms in total. The largest absolute Gasteiger partial charge is 0.207 e. The topological polar surface area (TPSA) is 0 Å². The van der Waals surface area contributed by atoms with E-state index in [1.807, 2.05) is 13.8 Å². The first-order valence-electron chi connectivity index (χ1n) is 5.01. The van der Waals surface area contributed by atoms with Gasteiger partial charge in [0, 0.05) is 4.47 Å². The van der Waals surface area contributed by atoms with Crippen LogP contribution in [0.2, 0.25) is 0 Å². The lowest BCUT2D eigenvalue weighted by Gasteiger charge is -2.04. The molecular weight excluding hydrogens is 243 g/mol. The van der Waals surface area contributed by atoms with Gasteiger partial charge in [-0.25, -0.2) is 4.39 Å². The normalized spacial score (nSPS) is 9.29. The fourth-order valence-electron chi connectivity index (χ4n) is 1.05. The Morgan fingerprint density at radius 1 is 1.21 bits per heavy atom. The Kier molecular flexibility index (Phi) is 6.81. The highest BCUT2D eigenvalue weighted by atomic mass is 79.9. The summed E-state index contributed by atoms with van der Waals surface area (Å²) in [7, 11) is 0. The molecule has 0 radical (unpaired) electrons. The smallest absolute Gasteiger partial charge is 0.123 e. The molecule has 0 atom stereocenters. The van der Waals surface area contributed by atoms with E-state index in [9.17, 15) is 4.39 Å². The molecule has 0 spiro atoms. The van der Waals surface area contributed by atoms with Crippen molar-refractivity contribution in [1.29, 1.82) is 0 Å². The highest BCUT2D eigenvalue weighted by Gasteiger charge is 2.02. The van der Waals surface area contributed by atoms with E-state index in [4.69, 9.17) is 0 Å². The Morgan fingerprint density at radius 3 is 2.14 bits per heavy atom. The van der Waals surface area contributed by atoms with Gasteiger partial charge in [0.05, 0.1) is 0 Å². The quantitative estimate of drug-likeness (QED) is 0.676. The molecule has 0 bridgehead atoms. The minimum atomic E-state index is -0.150. The Bertz CT molecular complexity index is 282. The van der Waals surface area contributed by atoms with Gasteiger partial charge in [-0.2, -0.15) is 0 Å². The van der Waals surface area contributed by atoms with Gasteiger partial charge in [0.1, 0.15) is 5.82 Å². The summed E-state index contributed by atoms with van der Waals surface area (Å²) in [5, 5.41) is 0. The van der Waals surface area contributed by atoms with Crippen molar-refractivity contribution in [3.8, 4) is 0 Å². The van der Waals surface area contributed by atoms with Crippen molar-refractivity contribution in [2.45, 2.75) is 40.5 Å². The highest BCUT2D eigenvalue weighted by molar-refractivity contribution is 9.10. The van der Waals surface area contributed by atoms with Gasteiger partial charge in [0.15, 0.2) is 0 Å². The molecule has 0 heterocycles. The molecule has 2 heteroatoms. The second-order valence-corrected chi connectivity index (χ2v) is 4.05. The molecule has 14 heavy (non-hydrogen) atoms. The minimum absolute atomic E-state index is 0.150. The predicted octanol–water partition coefficient (Wildman–Crippen LogP) is 4.88. The molecular formula is C12H18BrF. The van der Waals surface area contributed by atoms with E-state index in [-0.39, 0.29) is 5.82 Å². The van der Waals surface area contributed by atoms with Crippen LogP contribution in [0.3, 0.4) is 0 Å². The summed E-state index contributed by atoms with van der Waals surface area (Å²) in [6, 6.07) is 3.10. The Labute approximate surface area is 94.7 Å². The summed E-state index contributed by atoms with van der Waals surface area (Å²) in [5.41, 5.74) is 1.99. The zero-order valence-corrected chi connectivity index (χ0v) is 10.9. The van der Waals surface area contributed by atoms with Crippen LogP contribution < -0.4 is 0 Å². The zero-order valence-electron chi connectivity index (χ0n) is 9.32. The lowest BCUT2D eigenvalue weighted by Crippen LogP contribution is -1.88. The van der Waals surface area contributed by atoms with Crippen LogP contribution in [0.25, 0.3) is 0 Å². The summed E-state index contributed by atoms with van der Waals surface area (Å²) in [4.78, 5) is 0. The number of benzene rings is 1. The molecule has 0 saturated heterocycles. The number of aryl methyl sites for hydroxylation is 2. The predicted molar refractivity (Wildman–Crippen MR) is 64.2 cm³/mol. The second kappa shape index (κ2) is 6.99. The van der Waals surface area contributed by atoms with E-state index in [2.05, 4.69) is 29.8 Å². The number of hydrogen-bond acceptors (Lipinski definition) is 0. The summed E-state index contributed by atoms with van der Waals surface area (Å²) < 4.78 is 13.8. The second-order valence-electron chi connectivity index (χ2n) is 3.26. The fourth-order valence-corrected chi connectivity index (χ4v) is 1.56. The molecule has 0 saturated carbocycles. The average molecular weight is 261 g/mol. The molecule has 0 aliphatic carbocycles. The summed E-state index contributed by atoms with van der Waals surface area (Å²) in [6.07, 6.45) is 2.11. The SMILES string of the molecule is CCC.CCc1cc(F)cc(C)c1Br. The number of halogens is 2.